The van der Waals surface area contributed by atoms with E-state index in [4.69, 9.17) is 0 Å². The van der Waals surface area contributed by atoms with Crippen LogP contribution in [-0.4, -0.2) is 39.3 Å². The summed E-state index contributed by atoms with van der Waals surface area (Å²) in [6, 6.07) is 0.169. The van der Waals surface area contributed by atoms with E-state index in [0.29, 0.717) is 29.9 Å². The predicted octanol–water partition coefficient (Wildman–Crippen LogP) is 1.68. The predicted molar refractivity (Wildman–Crippen MR) is 68.6 cm³/mol. The van der Waals surface area contributed by atoms with E-state index in [1.54, 1.807) is 4.90 Å². The molecule has 1 aromatic rings. The Balaban J connectivity index is 2.07. The van der Waals surface area contributed by atoms with Gasteiger partial charge in [-0.25, -0.2) is 0 Å². The Morgan fingerprint density at radius 1 is 1.44 bits per heavy atom. The van der Waals surface area contributed by atoms with Crippen LogP contribution in [-0.2, 0) is 11.2 Å². The molecule has 1 amide bonds. The highest BCUT2D eigenvalue weighted by Gasteiger charge is 2.28. The number of carbonyl (C=O) groups excluding carboxylic acids is 2. The molecule has 1 aromatic heterocycles. The molecule has 0 aromatic carbocycles. The molecule has 0 unspecified atom stereocenters. The number of hydrogen-bond donors (Lipinski definition) is 0. The molecule has 2 rings (SSSR count). The standard InChI is InChI=1S/C12H17N3O2S/c1-3-10-11(18-14-13-10)12(17)15(2)8-4-6-9(16)7-5-8/h8H,3-7H2,1-2H3. The van der Waals surface area contributed by atoms with Crippen molar-refractivity contribution in [2.45, 2.75) is 45.1 Å². The SMILES string of the molecule is CCc1nnsc1C(=O)N(C)C1CCC(=O)CC1. The summed E-state index contributed by atoms with van der Waals surface area (Å²) in [7, 11) is 1.81. The van der Waals surface area contributed by atoms with Crippen LogP contribution in [0.5, 0.6) is 0 Å². The number of carbonyl (C=O) groups is 2. The molecule has 0 aliphatic heterocycles. The second-order valence-corrected chi connectivity index (χ2v) is 5.34. The van der Waals surface area contributed by atoms with Crippen molar-refractivity contribution in [3.8, 4) is 0 Å². The van der Waals surface area contributed by atoms with Crippen LogP contribution in [0, 0.1) is 0 Å². The number of ketones is 1. The van der Waals surface area contributed by atoms with Gasteiger partial charge < -0.3 is 4.90 Å². The number of aryl methyl sites for hydroxylation is 1. The summed E-state index contributed by atoms with van der Waals surface area (Å²) in [6.45, 7) is 1.97. The molecule has 0 spiro atoms. The summed E-state index contributed by atoms with van der Waals surface area (Å²) in [5.41, 5.74) is 0.767. The van der Waals surface area contributed by atoms with Crippen molar-refractivity contribution in [2.24, 2.45) is 0 Å². The lowest BCUT2D eigenvalue weighted by molar-refractivity contribution is -0.121. The molecule has 1 aliphatic rings. The fourth-order valence-corrected chi connectivity index (χ4v) is 2.97. The largest absolute Gasteiger partial charge is 0.338 e. The topological polar surface area (TPSA) is 63.2 Å². The summed E-state index contributed by atoms with van der Waals surface area (Å²) in [5.74, 6) is 0.294. The number of nitrogens with zero attached hydrogens (tertiary/aromatic N) is 3. The third kappa shape index (κ3) is 2.58. The lowest BCUT2D eigenvalue weighted by atomic mass is 9.93. The molecule has 98 valence electrons. The first-order valence-corrected chi connectivity index (χ1v) is 7.01. The summed E-state index contributed by atoms with van der Waals surface area (Å²) in [6.07, 6.45) is 3.44. The minimum Gasteiger partial charge on any atom is -0.338 e. The number of hydrogen-bond acceptors (Lipinski definition) is 5. The maximum absolute atomic E-state index is 12.3. The number of amides is 1. The Kier molecular flexibility index (Phi) is 4.06. The van der Waals surface area contributed by atoms with E-state index in [1.165, 1.54) is 0 Å². The van der Waals surface area contributed by atoms with Crippen LogP contribution < -0.4 is 0 Å². The van der Waals surface area contributed by atoms with Gasteiger partial charge in [0.25, 0.3) is 5.91 Å². The molecular formula is C12H17N3O2S. The van der Waals surface area contributed by atoms with E-state index < -0.39 is 0 Å². The van der Waals surface area contributed by atoms with Crippen LogP contribution in [0.3, 0.4) is 0 Å². The van der Waals surface area contributed by atoms with E-state index in [0.717, 1.165) is 30.1 Å². The molecule has 18 heavy (non-hydrogen) atoms. The van der Waals surface area contributed by atoms with Crippen molar-refractivity contribution in [3.05, 3.63) is 10.6 Å². The van der Waals surface area contributed by atoms with E-state index >= 15 is 0 Å². The molecule has 0 N–H and O–H groups in total. The molecule has 1 saturated carbocycles. The molecular weight excluding hydrogens is 250 g/mol. The first-order valence-electron chi connectivity index (χ1n) is 6.23. The molecule has 0 atom stereocenters. The first kappa shape index (κ1) is 13.1. The quantitative estimate of drug-likeness (QED) is 0.836. The van der Waals surface area contributed by atoms with Gasteiger partial charge in [-0.2, -0.15) is 0 Å². The average molecular weight is 267 g/mol. The Morgan fingerprint density at radius 2 is 2.11 bits per heavy atom. The molecule has 0 bridgehead atoms. The molecule has 1 aliphatic carbocycles. The van der Waals surface area contributed by atoms with Crippen molar-refractivity contribution in [1.29, 1.82) is 0 Å². The Bertz CT molecular complexity index is 448. The minimum absolute atomic E-state index is 0.0128. The summed E-state index contributed by atoms with van der Waals surface area (Å²) in [5, 5.41) is 3.96. The molecule has 0 radical (unpaired) electrons. The number of rotatable bonds is 3. The summed E-state index contributed by atoms with van der Waals surface area (Å²) >= 11 is 1.16. The molecule has 6 heteroatoms. The van der Waals surface area contributed by atoms with Gasteiger partial charge in [-0.15, -0.1) is 5.10 Å². The lowest BCUT2D eigenvalue weighted by Gasteiger charge is -2.30. The minimum atomic E-state index is -0.0128. The Hall–Kier alpha value is -1.30. The van der Waals surface area contributed by atoms with Crippen LogP contribution in [0.4, 0.5) is 0 Å². The second-order valence-electron chi connectivity index (χ2n) is 4.59. The van der Waals surface area contributed by atoms with Gasteiger partial charge in [0.1, 0.15) is 10.7 Å². The average Bonchev–Trinajstić information content (AvgIpc) is 2.86. The highest BCUT2D eigenvalue weighted by atomic mass is 32.1. The van der Waals surface area contributed by atoms with Crippen LogP contribution in [0.1, 0.15) is 48.0 Å². The van der Waals surface area contributed by atoms with Crippen LogP contribution in [0.15, 0.2) is 0 Å². The fourth-order valence-electron chi connectivity index (χ4n) is 2.24. The van der Waals surface area contributed by atoms with Crippen LogP contribution >= 0.6 is 11.5 Å². The maximum atomic E-state index is 12.3. The zero-order valence-corrected chi connectivity index (χ0v) is 11.5. The van der Waals surface area contributed by atoms with Crippen LogP contribution in [0.25, 0.3) is 0 Å². The first-order chi connectivity index (χ1) is 8.63. The zero-order valence-electron chi connectivity index (χ0n) is 10.7. The monoisotopic (exact) mass is 267 g/mol. The van der Waals surface area contributed by atoms with Gasteiger partial charge in [0, 0.05) is 25.9 Å². The highest BCUT2D eigenvalue weighted by Crippen LogP contribution is 2.22. The van der Waals surface area contributed by atoms with Crippen molar-refractivity contribution in [3.63, 3.8) is 0 Å². The van der Waals surface area contributed by atoms with Crippen molar-refractivity contribution in [1.82, 2.24) is 14.5 Å². The van der Waals surface area contributed by atoms with E-state index in [-0.39, 0.29) is 11.9 Å². The summed E-state index contributed by atoms with van der Waals surface area (Å²) < 4.78 is 3.84. The Labute approximate surface area is 110 Å². The maximum Gasteiger partial charge on any atom is 0.267 e. The number of Topliss-reactive ketones (excluding diaryl/α,β-unsaturated/α-hetero) is 1. The molecule has 1 fully saturated rings. The van der Waals surface area contributed by atoms with Gasteiger partial charge in [-0.05, 0) is 30.8 Å². The van der Waals surface area contributed by atoms with Gasteiger partial charge in [0.15, 0.2) is 0 Å². The smallest absolute Gasteiger partial charge is 0.267 e. The third-order valence-electron chi connectivity index (χ3n) is 3.47. The summed E-state index contributed by atoms with van der Waals surface area (Å²) in [4.78, 5) is 25.9. The van der Waals surface area contributed by atoms with Crippen LogP contribution in [0.2, 0.25) is 0 Å². The van der Waals surface area contributed by atoms with E-state index in [9.17, 15) is 9.59 Å². The lowest BCUT2D eigenvalue weighted by Crippen LogP contribution is -2.39. The van der Waals surface area contributed by atoms with Gasteiger partial charge >= 0.3 is 0 Å². The Morgan fingerprint density at radius 3 is 2.72 bits per heavy atom. The molecule has 0 saturated heterocycles. The van der Waals surface area contributed by atoms with E-state index in [2.05, 4.69) is 9.59 Å². The normalized spacial score (nSPS) is 16.9. The molecule has 5 nitrogen and oxygen atoms in total. The molecule has 1 heterocycles. The van der Waals surface area contributed by atoms with Gasteiger partial charge in [0.05, 0.1) is 5.69 Å². The fraction of sp³-hybridized carbons (Fsp3) is 0.667. The second kappa shape index (κ2) is 5.56. The zero-order chi connectivity index (χ0) is 13.1. The highest BCUT2D eigenvalue weighted by molar-refractivity contribution is 7.08. The van der Waals surface area contributed by atoms with Gasteiger partial charge in [-0.1, -0.05) is 11.4 Å². The number of aromatic nitrogens is 2. The van der Waals surface area contributed by atoms with Crippen molar-refractivity contribution in [2.75, 3.05) is 7.05 Å². The van der Waals surface area contributed by atoms with Gasteiger partial charge in [-0.3, -0.25) is 9.59 Å². The van der Waals surface area contributed by atoms with Crippen molar-refractivity contribution < 1.29 is 9.59 Å². The van der Waals surface area contributed by atoms with Crippen molar-refractivity contribution >= 4 is 23.2 Å². The third-order valence-corrected chi connectivity index (χ3v) is 4.22. The van der Waals surface area contributed by atoms with Gasteiger partial charge in [0.2, 0.25) is 0 Å². The van der Waals surface area contributed by atoms with E-state index in [1.807, 2.05) is 14.0 Å².